The number of carboxylic acids is 2. The molecule has 5 N–H and O–H groups in total. The first-order valence-electron chi connectivity index (χ1n) is 8.21. The fraction of sp³-hybridized carbons (Fsp3) is 0.875. The van der Waals surface area contributed by atoms with Gasteiger partial charge in [0.15, 0.2) is 0 Å². The van der Waals surface area contributed by atoms with Gasteiger partial charge in [0.05, 0.1) is 5.97 Å². The molecule has 1 saturated heterocycles. The van der Waals surface area contributed by atoms with Crippen LogP contribution in [0.1, 0.15) is 34.6 Å². The van der Waals surface area contributed by atoms with Crippen molar-refractivity contribution in [3.63, 3.8) is 0 Å². The molecule has 1 radical (unpaired) electrons. The summed E-state index contributed by atoms with van der Waals surface area (Å²) in [5, 5.41) is 19.7. The van der Waals surface area contributed by atoms with Gasteiger partial charge in [-0.15, -0.1) is 0 Å². The van der Waals surface area contributed by atoms with Crippen molar-refractivity contribution in [2.24, 2.45) is 0 Å². The Balaban J connectivity index is -0.000000314. The van der Waals surface area contributed by atoms with Crippen molar-refractivity contribution in [1.29, 1.82) is 0 Å². The molecule has 0 aromatic carbocycles. The predicted octanol–water partition coefficient (Wildman–Crippen LogP) is -3.52. The Kier molecular flexibility index (Phi) is 22.3. The van der Waals surface area contributed by atoms with Gasteiger partial charge >= 0.3 is 0 Å². The molecule has 9 nitrogen and oxygen atoms in total. The van der Waals surface area contributed by atoms with Gasteiger partial charge in [-0.1, -0.05) is 0 Å². The molecular weight excluding hydrogens is 389 g/mol. The van der Waals surface area contributed by atoms with E-state index in [1.165, 1.54) is 0 Å². The van der Waals surface area contributed by atoms with Crippen molar-refractivity contribution in [3.05, 3.63) is 0 Å². The molecule has 26 heavy (non-hydrogen) atoms. The van der Waals surface area contributed by atoms with Gasteiger partial charge in [-0.25, -0.2) is 0 Å². The monoisotopic (exact) mass is 425 g/mol. The third-order valence-electron chi connectivity index (χ3n) is 3.89. The molecule has 1 aliphatic rings. The minimum Gasteiger partial charge on any atom is -0.550 e. The molecule has 0 spiro atoms. The zero-order valence-electron chi connectivity index (χ0n) is 16.5. The van der Waals surface area contributed by atoms with E-state index in [1.807, 2.05) is 4.90 Å². The summed E-state index contributed by atoms with van der Waals surface area (Å²) >= 11 is 0. The Bertz CT molecular complexity index is 348. The SMILES string of the molecule is CC(=O)[O-].CC(C)N1CCN(CC(=O)[O-])CCN(C(C)C)CC1.O.[Co].[OH3+]. The summed E-state index contributed by atoms with van der Waals surface area (Å²) in [5.74, 6) is -2.06. The maximum atomic E-state index is 10.8. The maximum absolute atomic E-state index is 10.8. The molecule has 0 saturated carbocycles. The van der Waals surface area contributed by atoms with Crippen molar-refractivity contribution < 1.29 is 47.5 Å². The number of nitrogens with zero attached hydrogens (tertiary/aromatic N) is 3. The van der Waals surface area contributed by atoms with Gasteiger partial charge in [0, 0.05) is 80.6 Å². The van der Waals surface area contributed by atoms with Gasteiger partial charge < -0.3 is 30.8 Å². The summed E-state index contributed by atoms with van der Waals surface area (Å²) in [7, 11) is 0. The molecule has 1 fully saturated rings. The largest absolute Gasteiger partial charge is 0.550 e. The van der Waals surface area contributed by atoms with Crippen LogP contribution in [0.2, 0.25) is 0 Å². The summed E-state index contributed by atoms with van der Waals surface area (Å²) in [6, 6.07) is 0.994. The Hall–Kier alpha value is -0.754. The van der Waals surface area contributed by atoms with Gasteiger partial charge in [0.2, 0.25) is 0 Å². The van der Waals surface area contributed by atoms with E-state index in [0.717, 1.165) is 46.2 Å². The summed E-state index contributed by atoms with van der Waals surface area (Å²) < 4.78 is 0. The van der Waals surface area contributed by atoms with Crippen molar-refractivity contribution in [1.82, 2.24) is 14.7 Å². The minimum absolute atomic E-state index is 0. The molecule has 0 aromatic heterocycles. The fourth-order valence-electron chi connectivity index (χ4n) is 2.51. The van der Waals surface area contributed by atoms with Crippen LogP contribution in [0.25, 0.3) is 0 Å². The quantitative estimate of drug-likeness (QED) is 0.423. The normalized spacial score (nSPS) is 16.6. The third-order valence-corrected chi connectivity index (χ3v) is 3.89. The number of rotatable bonds is 4. The van der Waals surface area contributed by atoms with Crippen molar-refractivity contribution in [3.8, 4) is 0 Å². The van der Waals surface area contributed by atoms with Crippen LogP contribution in [0, 0.1) is 0 Å². The summed E-state index contributed by atoms with van der Waals surface area (Å²) in [5.41, 5.74) is 0. The van der Waals surface area contributed by atoms with Gasteiger partial charge in [-0.05, 0) is 34.6 Å². The van der Waals surface area contributed by atoms with Crippen LogP contribution < -0.4 is 10.2 Å². The first kappa shape index (κ1) is 32.9. The van der Waals surface area contributed by atoms with Crippen molar-refractivity contribution >= 4 is 11.9 Å². The zero-order chi connectivity index (χ0) is 18.0. The number of carbonyl (C=O) groups excluding carboxylic acids is 2. The summed E-state index contributed by atoms with van der Waals surface area (Å²) in [6.45, 7) is 15.4. The second kappa shape index (κ2) is 17.6. The Morgan fingerprint density at radius 2 is 1.12 bits per heavy atom. The molecular formula is C16H36CoN3O6-. The van der Waals surface area contributed by atoms with Gasteiger partial charge in [-0.3, -0.25) is 14.7 Å². The van der Waals surface area contributed by atoms with Crippen LogP contribution >= 0.6 is 0 Å². The molecule has 161 valence electrons. The van der Waals surface area contributed by atoms with Crippen LogP contribution in [0.4, 0.5) is 0 Å². The molecule has 0 amide bonds. The number of aliphatic carboxylic acids is 2. The molecule has 0 aromatic rings. The number of hydrogen-bond donors (Lipinski definition) is 0. The Labute approximate surface area is 167 Å². The van der Waals surface area contributed by atoms with E-state index in [9.17, 15) is 9.90 Å². The van der Waals surface area contributed by atoms with Gasteiger partial charge in [-0.2, -0.15) is 0 Å². The van der Waals surface area contributed by atoms with E-state index < -0.39 is 11.9 Å². The van der Waals surface area contributed by atoms with Gasteiger partial charge in [0.25, 0.3) is 0 Å². The molecule has 0 aliphatic carbocycles. The average Bonchev–Trinajstić information content (AvgIpc) is 2.48. The third kappa shape index (κ3) is 16.7. The van der Waals surface area contributed by atoms with E-state index in [0.29, 0.717) is 12.1 Å². The predicted molar refractivity (Wildman–Crippen MR) is 94.0 cm³/mol. The standard InChI is InChI=1S/C14H29N3O2.C2H4O2.Co.2H2O/c1-12(2)16-7-5-15(11-14(18)19)6-8-17(10-9-16)13(3)4;1-2(3)4;;;/h12-13H,5-11H2,1-4H3,(H,18,19);1H3,(H,3,4);;2*1H2/p-1. The molecule has 1 rings (SSSR count). The molecule has 10 heteroatoms. The number of carboxylic acid groups (broad SMARTS) is 2. The van der Waals surface area contributed by atoms with E-state index in [2.05, 4.69) is 37.5 Å². The van der Waals surface area contributed by atoms with Gasteiger partial charge in [0.1, 0.15) is 0 Å². The fourth-order valence-corrected chi connectivity index (χ4v) is 2.51. The topological polar surface area (TPSA) is 154 Å². The average molecular weight is 425 g/mol. The first-order chi connectivity index (χ1) is 10.6. The molecule has 0 bridgehead atoms. The first-order valence-corrected chi connectivity index (χ1v) is 8.21. The summed E-state index contributed by atoms with van der Waals surface area (Å²) in [4.78, 5) is 26.5. The van der Waals surface area contributed by atoms with Crippen LogP contribution in [-0.2, 0) is 31.8 Å². The van der Waals surface area contributed by atoms with E-state index >= 15 is 0 Å². The number of hydrogen-bond acceptors (Lipinski definition) is 7. The molecule has 0 unspecified atom stereocenters. The van der Waals surface area contributed by atoms with Crippen molar-refractivity contribution in [2.75, 3.05) is 45.8 Å². The Morgan fingerprint density at radius 1 is 0.846 bits per heavy atom. The molecule has 1 aliphatic heterocycles. The number of carbonyl (C=O) groups is 2. The van der Waals surface area contributed by atoms with Crippen LogP contribution in [-0.4, -0.2) is 90.0 Å². The van der Waals surface area contributed by atoms with E-state index in [1.54, 1.807) is 0 Å². The second-order valence-electron chi connectivity index (χ2n) is 6.40. The van der Waals surface area contributed by atoms with Crippen molar-refractivity contribution in [2.45, 2.75) is 46.7 Å². The zero-order valence-corrected chi connectivity index (χ0v) is 17.5. The van der Waals surface area contributed by atoms with Crippen LogP contribution in [0.15, 0.2) is 0 Å². The smallest absolute Gasteiger partial charge is 0.0555 e. The van der Waals surface area contributed by atoms with Crippen LogP contribution in [0.5, 0.6) is 0 Å². The maximum Gasteiger partial charge on any atom is 0.0555 e. The summed E-state index contributed by atoms with van der Waals surface area (Å²) in [6.07, 6.45) is 0. The van der Waals surface area contributed by atoms with E-state index in [-0.39, 0.29) is 34.3 Å². The molecule has 0 atom stereocenters. The minimum atomic E-state index is -1.08. The molecule has 1 heterocycles. The van der Waals surface area contributed by atoms with E-state index in [4.69, 9.17) is 9.90 Å². The second-order valence-corrected chi connectivity index (χ2v) is 6.40. The Morgan fingerprint density at radius 3 is 1.35 bits per heavy atom. The van der Waals surface area contributed by atoms with Crippen LogP contribution in [0.3, 0.4) is 0 Å².